The number of nitrogens with zero attached hydrogens (tertiary/aromatic N) is 6. The minimum absolute atomic E-state index is 0. The molecular weight excluding hydrogens is 893 g/mol. The monoisotopic (exact) mass is 941 g/mol. The van der Waals surface area contributed by atoms with Crippen molar-refractivity contribution in [1.29, 1.82) is 0 Å². The molecule has 2 aromatic heterocycles. The van der Waals surface area contributed by atoms with Crippen LogP contribution in [0.25, 0.3) is 44.2 Å². The van der Waals surface area contributed by atoms with Crippen LogP contribution >= 0.6 is 0 Å². The standard InChI is InChI=1S/C48H38B2N6O.Pt/c1-48(2,3)37-27-30-51-45(32-37)56-44-33-38(25-26-43(44)54-31-13-12-29-50(54)56)57-46-24-15-28-49(52-46)55-34-53(41-22-10-11-23-42(41)55)47-39(35-16-6-4-7-17-35)20-14-21-40(47)36-18-8-5-9-19-36;/h4-32H,1-3H3;/q-2;/i4D,5D,6D,7D,8D,9D,16D,17D,18D,19D;. The quantitative estimate of drug-likeness (QED) is 0.0908. The summed E-state index contributed by atoms with van der Waals surface area (Å²) in [6, 6.07) is 18.2. The SMILES string of the molecule is [2H]c1c([2H])c([2H])c(-c2cccc(-c3c([2H])c([2H])c([2H])c([2H])c3[2H])c2-[n+]2[c-]n(B3C=CC=C(Oc4[c-]c5c(cc4)N4C=CC=CB4N5c4cc(C(C)(C)C)ccn4)[N-]3)c3ccccc32)c([2H])c1[2H].[Pt]. The van der Waals surface area contributed by atoms with Crippen LogP contribution in [0.5, 0.6) is 5.75 Å². The van der Waals surface area contributed by atoms with Crippen molar-refractivity contribution in [2.75, 3.05) is 9.62 Å². The van der Waals surface area contributed by atoms with Gasteiger partial charge in [0.1, 0.15) is 5.82 Å². The summed E-state index contributed by atoms with van der Waals surface area (Å²) in [6.45, 7) is 5.58. The Bertz CT molecular complexity index is 3230. The summed E-state index contributed by atoms with van der Waals surface area (Å²) in [5.74, 6) is 5.41. The molecule has 284 valence electrons. The molecule has 0 radical (unpaired) electrons. The van der Waals surface area contributed by atoms with Crippen LogP contribution in [0.4, 0.5) is 17.2 Å². The van der Waals surface area contributed by atoms with Crippen LogP contribution < -0.4 is 18.9 Å². The van der Waals surface area contributed by atoms with E-state index in [1.807, 2.05) is 73.0 Å². The van der Waals surface area contributed by atoms with Crippen LogP contribution in [0, 0.1) is 12.4 Å². The molecule has 7 nitrogen and oxygen atoms in total. The predicted molar refractivity (Wildman–Crippen MR) is 232 cm³/mol. The van der Waals surface area contributed by atoms with Gasteiger partial charge in [-0.25, -0.2) is 4.98 Å². The molecule has 10 rings (SSSR count). The second kappa shape index (κ2) is 15.2. The zero-order valence-electron chi connectivity index (χ0n) is 41.5. The van der Waals surface area contributed by atoms with E-state index in [9.17, 15) is 0 Å². The number of hydrogen-bond donors (Lipinski definition) is 0. The summed E-state index contributed by atoms with van der Waals surface area (Å²) in [5.41, 5.74) is 4.08. The van der Waals surface area contributed by atoms with Crippen LogP contribution in [-0.4, -0.2) is 23.4 Å². The van der Waals surface area contributed by atoms with Crippen molar-refractivity contribution in [1.82, 2.24) is 9.46 Å². The minimum Gasteiger partial charge on any atom is -0.633 e. The number of imidazole rings is 1. The summed E-state index contributed by atoms with van der Waals surface area (Å²) >= 11 is 0. The summed E-state index contributed by atoms with van der Waals surface area (Å²) < 4.78 is 96.5. The fraction of sp³-hybridized carbons (Fsp3) is 0.0833. The Balaban J connectivity index is 0.00000578. The Morgan fingerprint density at radius 3 is 2.31 bits per heavy atom. The van der Waals surface area contributed by atoms with Gasteiger partial charge in [0.15, 0.2) is 0 Å². The number of ether oxygens (including phenoxy) is 1. The van der Waals surface area contributed by atoms with Gasteiger partial charge in [0.25, 0.3) is 6.98 Å². The fourth-order valence-corrected chi connectivity index (χ4v) is 7.40. The molecule has 0 atom stereocenters. The summed E-state index contributed by atoms with van der Waals surface area (Å²) in [6.07, 6.45) is 14.8. The molecule has 0 N–H and O–H groups in total. The van der Waals surface area contributed by atoms with Gasteiger partial charge in [-0.05, 0) is 63.7 Å². The molecule has 3 aliphatic heterocycles. The van der Waals surface area contributed by atoms with E-state index in [1.54, 1.807) is 39.4 Å². The number of aromatic nitrogens is 3. The number of benzene rings is 5. The van der Waals surface area contributed by atoms with Gasteiger partial charge >= 0.3 is 6.98 Å². The first-order chi connectivity index (χ1) is 32.0. The number of para-hydroxylation sites is 3. The molecule has 0 unspecified atom stereocenters. The van der Waals surface area contributed by atoms with Crippen molar-refractivity contribution in [3.8, 4) is 33.7 Å². The molecule has 5 aromatic carbocycles. The number of rotatable bonds is 7. The largest absolute Gasteiger partial charge is 0.633 e. The van der Waals surface area contributed by atoms with E-state index in [-0.39, 0.29) is 67.3 Å². The van der Waals surface area contributed by atoms with Crippen LogP contribution in [0.3, 0.4) is 0 Å². The van der Waals surface area contributed by atoms with Gasteiger partial charge in [-0.3, -0.25) is 0 Å². The van der Waals surface area contributed by atoms with Crippen molar-refractivity contribution in [2.45, 2.75) is 26.2 Å². The van der Waals surface area contributed by atoms with Gasteiger partial charge in [0.05, 0.1) is 24.9 Å². The van der Waals surface area contributed by atoms with Gasteiger partial charge < -0.3 is 28.6 Å². The Labute approximate surface area is 368 Å². The van der Waals surface area contributed by atoms with Crippen LogP contribution in [0.15, 0.2) is 182 Å². The molecular formula is C48H38B2N6OPt-2. The summed E-state index contributed by atoms with van der Waals surface area (Å²) in [7, 11) is 0. The van der Waals surface area contributed by atoms with Gasteiger partial charge in [-0.1, -0.05) is 159 Å². The second-order valence-electron chi connectivity index (χ2n) is 14.7. The van der Waals surface area contributed by atoms with Gasteiger partial charge in [-0.2, -0.15) is 0 Å². The zero-order chi connectivity index (χ0) is 47.2. The fourth-order valence-electron chi connectivity index (χ4n) is 7.40. The van der Waals surface area contributed by atoms with Gasteiger partial charge in [0, 0.05) is 44.4 Å². The molecule has 0 saturated heterocycles. The molecule has 0 fully saturated rings. The molecule has 0 saturated carbocycles. The molecule has 10 heteroatoms. The molecule has 7 aromatic rings. The van der Waals surface area contributed by atoms with Gasteiger partial charge in [0.2, 0.25) is 6.33 Å². The van der Waals surface area contributed by atoms with E-state index in [1.165, 1.54) is 0 Å². The third kappa shape index (κ3) is 6.69. The normalized spacial score (nSPS) is 16.6. The Morgan fingerprint density at radius 1 is 0.828 bits per heavy atom. The predicted octanol–water partition coefficient (Wildman–Crippen LogP) is 10.4. The maximum Gasteiger partial charge on any atom is 0.400 e. The smallest absolute Gasteiger partial charge is 0.400 e. The van der Waals surface area contributed by atoms with Crippen molar-refractivity contribution in [3.05, 3.63) is 205 Å². The van der Waals surface area contributed by atoms with Crippen LogP contribution in [0.1, 0.15) is 40.0 Å². The maximum atomic E-state index is 8.98. The van der Waals surface area contributed by atoms with E-state index in [0.717, 1.165) is 22.8 Å². The third-order valence-electron chi connectivity index (χ3n) is 10.1. The summed E-state index contributed by atoms with van der Waals surface area (Å²) in [5, 5.41) is 5.00. The number of allylic oxidation sites excluding steroid dienone is 4. The average Bonchev–Trinajstić information content (AvgIpc) is 3.87. The third-order valence-corrected chi connectivity index (χ3v) is 10.1. The molecule has 0 aliphatic carbocycles. The number of hydrogen-bond acceptors (Lipinski definition) is 4. The molecule has 0 spiro atoms. The van der Waals surface area contributed by atoms with Crippen molar-refractivity contribution < 1.29 is 44.1 Å². The molecule has 0 amide bonds. The van der Waals surface area contributed by atoms with Crippen LogP contribution in [-0.2, 0) is 26.5 Å². The van der Waals surface area contributed by atoms with E-state index in [4.69, 9.17) is 28.7 Å². The van der Waals surface area contributed by atoms with E-state index in [0.29, 0.717) is 16.8 Å². The molecule has 3 aliphatic rings. The molecule has 58 heavy (non-hydrogen) atoms. The first-order valence-corrected chi connectivity index (χ1v) is 18.5. The topological polar surface area (TPSA) is 51.5 Å². The molecule has 0 bridgehead atoms. The van der Waals surface area contributed by atoms with E-state index in [2.05, 4.69) is 54.8 Å². The first-order valence-electron chi connectivity index (χ1n) is 23.5. The minimum atomic E-state index is -0.747. The average molecular weight is 942 g/mol. The maximum absolute atomic E-state index is 8.98. The van der Waals surface area contributed by atoms with Gasteiger partial charge in [-0.15, -0.1) is 18.2 Å². The van der Waals surface area contributed by atoms with Crippen molar-refractivity contribution >= 4 is 42.2 Å². The van der Waals surface area contributed by atoms with Crippen LogP contribution in [0.2, 0.25) is 0 Å². The second-order valence-corrected chi connectivity index (χ2v) is 14.7. The van der Waals surface area contributed by atoms with Crippen molar-refractivity contribution in [3.63, 3.8) is 0 Å². The zero-order valence-corrected chi connectivity index (χ0v) is 33.8. The number of fused-ring (bicyclic) bond motifs is 4. The Hall–Kier alpha value is -6.30. The van der Waals surface area contributed by atoms with Crippen molar-refractivity contribution in [2.24, 2.45) is 0 Å². The molecule has 5 heterocycles. The Kier molecular flexibility index (Phi) is 7.18. The van der Waals surface area contributed by atoms with E-state index < -0.39 is 67.4 Å². The number of anilines is 3. The summed E-state index contributed by atoms with van der Waals surface area (Å²) in [4.78, 5) is 9.08. The van der Waals surface area contributed by atoms with E-state index >= 15 is 0 Å². The number of pyridine rings is 1. The Morgan fingerprint density at radius 2 is 1.57 bits per heavy atom. The first kappa shape index (κ1) is 27.4.